The first-order valence-electron chi connectivity index (χ1n) is 7.07. The number of Topliss-reactive ketones (excluding diaryl/α,β-unsaturated/α-hetero) is 1. The lowest BCUT2D eigenvalue weighted by Crippen LogP contribution is -2.54. The molecule has 1 aromatic carbocycles. The molecule has 0 saturated carbocycles. The summed E-state index contributed by atoms with van der Waals surface area (Å²) in [5.41, 5.74) is 0.577. The molecule has 1 aliphatic heterocycles. The van der Waals surface area contributed by atoms with Gasteiger partial charge in [0.1, 0.15) is 5.78 Å². The van der Waals surface area contributed by atoms with Crippen LogP contribution in [0.1, 0.15) is 30.6 Å². The van der Waals surface area contributed by atoms with Crippen LogP contribution in [0.3, 0.4) is 0 Å². The Hall–Kier alpha value is -1.72. The molecule has 0 aromatic heterocycles. The summed E-state index contributed by atoms with van der Waals surface area (Å²) in [6, 6.07) is 8.67. The Morgan fingerprint density at radius 1 is 1.29 bits per heavy atom. The highest BCUT2D eigenvalue weighted by Crippen LogP contribution is 2.27. The van der Waals surface area contributed by atoms with Crippen molar-refractivity contribution in [2.75, 3.05) is 7.11 Å². The molecule has 1 saturated heterocycles. The third-order valence-electron chi connectivity index (χ3n) is 3.84. The predicted molar refractivity (Wildman–Crippen MR) is 77.8 cm³/mol. The molecule has 4 atom stereocenters. The average molecular weight is 291 g/mol. The lowest BCUT2D eigenvalue weighted by Gasteiger charge is -2.39. The van der Waals surface area contributed by atoms with Gasteiger partial charge in [0.15, 0.2) is 6.29 Å². The Kier molecular flexibility index (Phi) is 5.09. The summed E-state index contributed by atoms with van der Waals surface area (Å²) in [5.74, 6) is -0.532. The Bertz CT molecular complexity index is 502. The molecule has 5 heteroatoms. The van der Waals surface area contributed by atoms with E-state index in [4.69, 9.17) is 9.47 Å². The average Bonchev–Trinajstić information content (AvgIpc) is 2.47. The number of methoxy groups -OCH3 is 1. The fraction of sp³-hybridized carbons (Fsp3) is 0.500. The topological polar surface area (TPSA) is 64.6 Å². The van der Waals surface area contributed by atoms with E-state index in [1.54, 1.807) is 19.2 Å². The van der Waals surface area contributed by atoms with Crippen molar-refractivity contribution in [2.24, 2.45) is 5.92 Å². The second kappa shape index (κ2) is 6.83. The van der Waals surface area contributed by atoms with E-state index in [-0.39, 0.29) is 29.8 Å². The smallest absolute Gasteiger partial charge is 0.251 e. The lowest BCUT2D eigenvalue weighted by atomic mass is 9.86. The number of rotatable bonds is 4. The van der Waals surface area contributed by atoms with Crippen LogP contribution in [0.25, 0.3) is 0 Å². The minimum Gasteiger partial charge on any atom is -0.356 e. The summed E-state index contributed by atoms with van der Waals surface area (Å²) in [6.07, 6.45) is -0.233. The molecule has 114 valence electrons. The van der Waals surface area contributed by atoms with Gasteiger partial charge in [-0.3, -0.25) is 9.59 Å². The van der Waals surface area contributed by atoms with Crippen molar-refractivity contribution < 1.29 is 19.1 Å². The fourth-order valence-corrected chi connectivity index (χ4v) is 2.82. The molecule has 1 amide bonds. The number of carbonyl (C=O) groups is 2. The van der Waals surface area contributed by atoms with Gasteiger partial charge in [0, 0.05) is 25.1 Å². The van der Waals surface area contributed by atoms with E-state index in [9.17, 15) is 9.59 Å². The summed E-state index contributed by atoms with van der Waals surface area (Å²) in [5, 5.41) is 2.94. The van der Waals surface area contributed by atoms with E-state index in [2.05, 4.69) is 5.32 Å². The van der Waals surface area contributed by atoms with Crippen molar-refractivity contribution in [1.82, 2.24) is 5.32 Å². The van der Waals surface area contributed by atoms with E-state index in [0.717, 1.165) is 0 Å². The maximum absolute atomic E-state index is 12.3. The first-order valence-corrected chi connectivity index (χ1v) is 7.07. The van der Waals surface area contributed by atoms with E-state index < -0.39 is 6.29 Å². The number of carbonyl (C=O) groups excluding carboxylic acids is 2. The summed E-state index contributed by atoms with van der Waals surface area (Å²) in [4.78, 5) is 24.1. The molecule has 0 radical (unpaired) electrons. The zero-order valence-electron chi connectivity index (χ0n) is 12.5. The van der Waals surface area contributed by atoms with Crippen LogP contribution in [0, 0.1) is 5.92 Å². The van der Waals surface area contributed by atoms with E-state index in [1.807, 2.05) is 25.1 Å². The summed E-state index contributed by atoms with van der Waals surface area (Å²) < 4.78 is 10.9. The van der Waals surface area contributed by atoms with Gasteiger partial charge in [-0.25, -0.2) is 0 Å². The molecule has 0 bridgehead atoms. The number of hydrogen-bond acceptors (Lipinski definition) is 4. The highest BCUT2D eigenvalue weighted by molar-refractivity contribution is 5.94. The van der Waals surface area contributed by atoms with Crippen molar-refractivity contribution in [1.29, 1.82) is 0 Å². The van der Waals surface area contributed by atoms with Crippen LogP contribution < -0.4 is 5.32 Å². The number of hydrogen-bond donors (Lipinski definition) is 1. The van der Waals surface area contributed by atoms with Crippen LogP contribution in [-0.2, 0) is 14.3 Å². The number of amides is 1. The van der Waals surface area contributed by atoms with E-state index in [1.165, 1.54) is 6.92 Å². The zero-order valence-corrected chi connectivity index (χ0v) is 12.5. The van der Waals surface area contributed by atoms with Gasteiger partial charge in [-0.1, -0.05) is 18.2 Å². The molecule has 1 heterocycles. The molecular weight excluding hydrogens is 270 g/mol. The van der Waals surface area contributed by atoms with Gasteiger partial charge in [0.05, 0.1) is 12.0 Å². The second-order valence-electron chi connectivity index (χ2n) is 5.32. The van der Waals surface area contributed by atoms with Gasteiger partial charge in [0.25, 0.3) is 5.91 Å². The highest BCUT2D eigenvalue weighted by atomic mass is 16.7. The van der Waals surface area contributed by atoms with Crippen molar-refractivity contribution >= 4 is 11.7 Å². The van der Waals surface area contributed by atoms with Crippen LogP contribution in [0.2, 0.25) is 0 Å². The maximum Gasteiger partial charge on any atom is 0.251 e. The molecule has 0 spiro atoms. The van der Waals surface area contributed by atoms with Crippen molar-refractivity contribution in [3.05, 3.63) is 35.9 Å². The van der Waals surface area contributed by atoms with Gasteiger partial charge >= 0.3 is 0 Å². The molecule has 1 aromatic rings. The number of nitrogens with one attached hydrogen (secondary N) is 1. The highest BCUT2D eigenvalue weighted by Gasteiger charge is 2.40. The third-order valence-corrected chi connectivity index (χ3v) is 3.84. The van der Waals surface area contributed by atoms with Crippen molar-refractivity contribution in [3.8, 4) is 0 Å². The Balaban J connectivity index is 2.14. The number of benzene rings is 1. The van der Waals surface area contributed by atoms with Crippen LogP contribution >= 0.6 is 0 Å². The summed E-state index contributed by atoms with van der Waals surface area (Å²) >= 11 is 0. The molecule has 2 rings (SSSR count). The van der Waals surface area contributed by atoms with Gasteiger partial charge in [-0.05, 0) is 26.0 Å². The summed E-state index contributed by atoms with van der Waals surface area (Å²) in [6.45, 7) is 3.36. The van der Waals surface area contributed by atoms with Gasteiger partial charge in [-0.15, -0.1) is 0 Å². The number of ether oxygens (including phenoxy) is 2. The second-order valence-corrected chi connectivity index (χ2v) is 5.32. The van der Waals surface area contributed by atoms with Crippen LogP contribution in [0.15, 0.2) is 30.3 Å². The normalized spacial score (nSPS) is 28.9. The van der Waals surface area contributed by atoms with Crippen molar-refractivity contribution in [3.63, 3.8) is 0 Å². The minimum atomic E-state index is -0.406. The molecule has 0 unspecified atom stereocenters. The molecule has 21 heavy (non-hydrogen) atoms. The standard InChI is InChI=1S/C16H21NO4/c1-10(18)15-11(2)21-14(20-3)9-13(15)17-16(19)12-7-5-4-6-8-12/h4-8,11,13-15H,9H2,1-3H3,(H,17,19)/t11-,13-,14+,15+/m0/s1. The predicted octanol–water partition coefficient (Wildman–Crippen LogP) is 1.77. The Labute approximate surface area is 124 Å². The van der Waals surface area contributed by atoms with E-state index in [0.29, 0.717) is 12.0 Å². The van der Waals surface area contributed by atoms with Gasteiger partial charge in [-0.2, -0.15) is 0 Å². The van der Waals surface area contributed by atoms with Crippen LogP contribution in [0.4, 0.5) is 0 Å². The monoisotopic (exact) mass is 291 g/mol. The molecule has 1 fully saturated rings. The molecular formula is C16H21NO4. The van der Waals surface area contributed by atoms with Gasteiger partial charge < -0.3 is 14.8 Å². The minimum absolute atomic E-state index is 0.00964. The maximum atomic E-state index is 12.3. The molecule has 5 nitrogen and oxygen atoms in total. The molecule has 1 aliphatic rings. The largest absolute Gasteiger partial charge is 0.356 e. The van der Waals surface area contributed by atoms with Crippen molar-refractivity contribution in [2.45, 2.75) is 38.7 Å². The third kappa shape index (κ3) is 3.68. The van der Waals surface area contributed by atoms with Gasteiger partial charge in [0.2, 0.25) is 0 Å². The first-order chi connectivity index (χ1) is 10.0. The quantitative estimate of drug-likeness (QED) is 0.918. The number of ketones is 1. The first kappa shape index (κ1) is 15.7. The zero-order chi connectivity index (χ0) is 15.4. The SMILES string of the molecule is CO[C@H]1C[C@H](NC(=O)c2ccccc2)[C@H](C(C)=O)[C@H](C)O1. The lowest BCUT2D eigenvalue weighted by molar-refractivity contribution is -0.199. The fourth-order valence-electron chi connectivity index (χ4n) is 2.82. The van der Waals surface area contributed by atoms with Crippen LogP contribution in [0.5, 0.6) is 0 Å². The Morgan fingerprint density at radius 3 is 2.52 bits per heavy atom. The summed E-state index contributed by atoms with van der Waals surface area (Å²) in [7, 11) is 1.56. The molecule has 0 aliphatic carbocycles. The van der Waals surface area contributed by atoms with E-state index >= 15 is 0 Å². The van der Waals surface area contributed by atoms with Crippen LogP contribution in [-0.4, -0.2) is 37.2 Å². The Morgan fingerprint density at radius 2 is 1.95 bits per heavy atom. The molecule has 1 N–H and O–H groups in total.